The lowest BCUT2D eigenvalue weighted by Crippen LogP contribution is -1.94. The van der Waals surface area contributed by atoms with Gasteiger partial charge in [0.25, 0.3) is 0 Å². The van der Waals surface area contributed by atoms with Gasteiger partial charge in [-0.1, -0.05) is 0 Å². The average molecular weight is 176 g/mol. The van der Waals surface area contributed by atoms with Crippen molar-refractivity contribution >= 4 is 23.0 Å². The number of hydrogen-bond donors (Lipinski definition) is 1. The number of carbonyl (C=O) groups excluding carboxylic acids is 1. The van der Waals surface area contributed by atoms with Gasteiger partial charge in [-0.3, -0.25) is 14.5 Å². The predicted molar refractivity (Wildman–Crippen MR) is 48.3 cm³/mol. The van der Waals surface area contributed by atoms with E-state index in [1.54, 1.807) is 17.9 Å². The molecular formula is C8H8N4O. The van der Waals surface area contributed by atoms with Gasteiger partial charge in [0.15, 0.2) is 12.1 Å². The number of nitrogens with zero attached hydrogens (tertiary/aromatic N) is 3. The number of rotatable bonds is 1. The van der Waals surface area contributed by atoms with Crippen molar-refractivity contribution in [2.24, 2.45) is 7.05 Å². The van der Waals surface area contributed by atoms with Crippen LogP contribution in [0.1, 0.15) is 10.4 Å². The first-order valence-corrected chi connectivity index (χ1v) is 3.75. The van der Waals surface area contributed by atoms with E-state index in [2.05, 4.69) is 10.1 Å². The summed E-state index contributed by atoms with van der Waals surface area (Å²) in [5.41, 5.74) is 6.84. The van der Waals surface area contributed by atoms with Crippen molar-refractivity contribution in [1.82, 2.24) is 14.8 Å². The molecule has 0 saturated heterocycles. The second-order valence-electron chi connectivity index (χ2n) is 2.75. The minimum absolute atomic E-state index is 0.397. The standard InChI is InChI=1S/C8H8N4O/c1-12-7-5(4-13)2-10-3-6(7)8(9)11-12/h2-4H,1H3,(H2,9,11). The van der Waals surface area contributed by atoms with Gasteiger partial charge in [-0.2, -0.15) is 5.10 Å². The minimum Gasteiger partial charge on any atom is -0.382 e. The number of aldehydes is 1. The van der Waals surface area contributed by atoms with Crippen LogP contribution in [-0.2, 0) is 7.05 Å². The number of fused-ring (bicyclic) bond motifs is 1. The van der Waals surface area contributed by atoms with Gasteiger partial charge < -0.3 is 5.73 Å². The first-order chi connectivity index (χ1) is 6.24. The number of aryl methyl sites for hydroxylation is 1. The fourth-order valence-corrected chi connectivity index (χ4v) is 1.37. The van der Waals surface area contributed by atoms with E-state index in [-0.39, 0.29) is 0 Å². The summed E-state index contributed by atoms with van der Waals surface area (Å²) in [6.45, 7) is 0. The molecule has 2 rings (SSSR count). The van der Waals surface area contributed by atoms with Gasteiger partial charge in [0.1, 0.15) is 0 Å². The second-order valence-corrected chi connectivity index (χ2v) is 2.75. The van der Waals surface area contributed by atoms with Crippen LogP contribution in [0, 0.1) is 0 Å². The van der Waals surface area contributed by atoms with Crippen molar-refractivity contribution in [2.75, 3.05) is 5.73 Å². The van der Waals surface area contributed by atoms with Crippen molar-refractivity contribution < 1.29 is 4.79 Å². The van der Waals surface area contributed by atoms with E-state index < -0.39 is 0 Å². The molecule has 0 aliphatic heterocycles. The molecule has 0 saturated carbocycles. The lowest BCUT2D eigenvalue weighted by Gasteiger charge is -1.95. The number of aromatic nitrogens is 3. The highest BCUT2D eigenvalue weighted by atomic mass is 16.1. The Bertz CT molecular complexity index is 474. The molecule has 0 aromatic carbocycles. The van der Waals surface area contributed by atoms with Gasteiger partial charge in [0.2, 0.25) is 0 Å². The zero-order valence-electron chi connectivity index (χ0n) is 7.06. The third kappa shape index (κ3) is 0.970. The van der Waals surface area contributed by atoms with Crippen molar-refractivity contribution in [3.8, 4) is 0 Å². The molecule has 0 unspecified atom stereocenters. The third-order valence-corrected chi connectivity index (χ3v) is 1.93. The Morgan fingerprint density at radius 1 is 1.54 bits per heavy atom. The summed E-state index contributed by atoms with van der Waals surface area (Å²) < 4.78 is 1.58. The Kier molecular flexibility index (Phi) is 1.51. The molecule has 2 aromatic rings. The Labute approximate surface area is 74.2 Å². The normalized spacial score (nSPS) is 10.5. The molecule has 2 aromatic heterocycles. The Morgan fingerprint density at radius 3 is 3.00 bits per heavy atom. The molecule has 0 bridgehead atoms. The highest BCUT2D eigenvalue weighted by Gasteiger charge is 2.09. The van der Waals surface area contributed by atoms with Crippen LogP contribution in [0.3, 0.4) is 0 Å². The van der Waals surface area contributed by atoms with Crippen molar-refractivity contribution in [3.63, 3.8) is 0 Å². The molecule has 5 nitrogen and oxygen atoms in total. The largest absolute Gasteiger partial charge is 0.382 e. The van der Waals surface area contributed by atoms with Crippen LogP contribution in [0.2, 0.25) is 0 Å². The maximum atomic E-state index is 10.7. The predicted octanol–water partition coefficient (Wildman–Crippen LogP) is 0.363. The smallest absolute Gasteiger partial charge is 0.154 e. The second kappa shape index (κ2) is 2.55. The summed E-state index contributed by atoms with van der Waals surface area (Å²) in [4.78, 5) is 14.6. The summed E-state index contributed by atoms with van der Waals surface area (Å²) in [7, 11) is 1.74. The fraction of sp³-hybridized carbons (Fsp3) is 0.125. The molecule has 2 heterocycles. The van der Waals surface area contributed by atoms with Crippen molar-refractivity contribution in [1.29, 1.82) is 0 Å². The van der Waals surface area contributed by atoms with Crippen LogP contribution in [-0.4, -0.2) is 21.1 Å². The van der Waals surface area contributed by atoms with Gasteiger partial charge >= 0.3 is 0 Å². The molecule has 0 atom stereocenters. The summed E-state index contributed by atoms with van der Waals surface area (Å²) in [6, 6.07) is 0. The van der Waals surface area contributed by atoms with Crippen LogP contribution < -0.4 is 5.73 Å². The van der Waals surface area contributed by atoms with E-state index in [9.17, 15) is 4.79 Å². The van der Waals surface area contributed by atoms with E-state index >= 15 is 0 Å². The van der Waals surface area contributed by atoms with Crippen molar-refractivity contribution in [3.05, 3.63) is 18.0 Å². The SMILES string of the molecule is Cn1nc(N)c2cncc(C=O)c21. The van der Waals surface area contributed by atoms with Crippen LogP contribution in [0.4, 0.5) is 5.82 Å². The van der Waals surface area contributed by atoms with E-state index in [0.29, 0.717) is 16.8 Å². The number of nitrogen functional groups attached to an aromatic ring is 1. The molecule has 0 spiro atoms. The summed E-state index contributed by atoms with van der Waals surface area (Å²) in [5.74, 6) is 0.397. The number of nitrogens with two attached hydrogens (primary N) is 1. The maximum absolute atomic E-state index is 10.7. The number of pyridine rings is 1. The molecule has 0 amide bonds. The Balaban J connectivity index is 2.96. The van der Waals surface area contributed by atoms with Crippen LogP contribution in [0.25, 0.3) is 10.9 Å². The molecule has 0 aliphatic rings. The maximum Gasteiger partial charge on any atom is 0.154 e. The topological polar surface area (TPSA) is 73.8 Å². The first-order valence-electron chi connectivity index (χ1n) is 3.75. The van der Waals surface area contributed by atoms with Gasteiger partial charge in [-0.05, 0) is 0 Å². The molecule has 5 heteroatoms. The Hall–Kier alpha value is -1.91. The van der Waals surface area contributed by atoms with Gasteiger partial charge in [0, 0.05) is 19.4 Å². The lowest BCUT2D eigenvalue weighted by molar-refractivity contribution is 0.112. The monoisotopic (exact) mass is 176 g/mol. The van der Waals surface area contributed by atoms with E-state index in [0.717, 1.165) is 11.8 Å². The quantitative estimate of drug-likeness (QED) is 0.637. The zero-order chi connectivity index (χ0) is 9.42. The molecule has 0 aliphatic carbocycles. The minimum atomic E-state index is 0.397. The summed E-state index contributed by atoms with van der Waals surface area (Å²) in [5, 5.41) is 4.71. The van der Waals surface area contributed by atoms with Crippen molar-refractivity contribution in [2.45, 2.75) is 0 Å². The molecule has 66 valence electrons. The summed E-state index contributed by atoms with van der Waals surface area (Å²) in [6.07, 6.45) is 3.84. The third-order valence-electron chi connectivity index (χ3n) is 1.93. The van der Waals surface area contributed by atoms with Crippen LogP contribution >= 0.6 is 0 Å². The fourth-order valence-electron chi connectivity index (χ4n) is 1.37. The number of hydrogen-bond acceptors (Lipinski definition) is 4. The van der Waals surface area contributed by atoms with E-state index in [1.807, 2.05) is 0 Å². The van der Waals surface area contributed by atoms with E-state index in [1.165, 1.54) is 6.20 Å². The van der Waals surface area contributed by atoms with Gasteiger partial charge in [0.05, 0.1) is 16.5 Å². The molecule has 0 fully saturated rings. The summed E-state index contributed by atoms with van der Waals surface area (Å²) >= 11 is 0. The molecule has 13 heavy (non-hydrogen) atoms. The lowest BCUT2D eigenvalue weighted by atomic mass is 10.2. The number of carbonyl (C=O) groups is 1. The van der Waals surface area contributed by atoms with Crippen LogP contribution in [0.5, 0.6) is 0 Å². The zero-order valence-corrected chi connectivity index (χ0v) is 7.06. The van der Waals surface area contributed by atoms with Gasteiger partial charge in [-0.15, -0.1) is 0 Å². The van der Waals surface area contributed by atoms with Gasteiger partial charge in [-0.25, -0.2) is 0 Å². The number of anilines is 1. The highest BCUT2D eigenvalue weighted by molar-refractivity contribution is 5.99. The first kappa shape index (κ1) is 7.72. The Morgan fingerprint density at radius 2 is 2.31 bits per heavy atom. The van der Waals surface area contributed by atoms with E-state index in [4.69, 9.17) is 5.73 Å². The molecule has 0 radical (unpaired) electrons. The molecular weight excluding hydrogens is 168 g/mol. The molecule has 2 N–H and O–H groups in total. The highest BCUT2D eigenvalue weighted by Crippen LogP contribution is 2.20. The average Bonchev–Trinajstić information content (AvgIpc) is 2.43. The van der Waals surface area contributed by atoms with Crippen LogP contribution in [0.15, 0.2) is 12.4 Å².